The first-order valence-corrected chi connectivity index (χ1v) is 5.86. The van der Waals surface area contributed by atoms with Gasteiger partial charge in [-0.2, -0.15) is 4.39 Å². The van der Waals surface area contributed by atoms with Crippen molar-refractivity contribution in [2.75, 3.05) is 7.05 Å². The molecule has 9 heteroatoms. The van der Waals surface area contributed by atoms with Gasteiger partial charge in [-0.15, -0.1) is 0 Å². The number of hydrogen-bond donors (Lipinski definition) is 1. The summed E-state index contributed by atoms with van der Waals surface area (Å²) in [4.78, 5) is 45.2. The lowest BCUT2D eigenvalue weighted by Crippen LogP contribution is -2.40. The Kier molecular flexibility index (Phi) is 3.66. The third kappa shape index (κ3) is 2.71. The fourth-order valence-electron chi connectivity index (χ4n) is 1.91. The minimum atomic E-state index is -1.15. The quantitative estimate of drug-likeness (QED) is 0.487. The van der Waals surface area contributed by atoms with Crippen molar-refractivity contribution in [3.63, 3.8) is 0 Å². The van der Waals surface area contributed by atoms with E-state index in [4.69, 9.17) is 0 Å². The number of rotatable bonds is 3. The summed E-state index contributed by atoms with van der Waals surface area (Å²) in [6.07, 6.45) is -0.170. The summed E-state index contributed by atoms with van der Waals surface area (Å²) in [6.45, 7) is 0. The third-order valence-corrected chi connectivity index (χ3v) is 3.09. The standard InChI is InChI=1S/C12H10FN3O5/c1-15-10(17)5-8(12(15)19)14-11(18)6-2-3-9(16(20)21)7(13)4-6/h2-4,8H,5H2,1H3,(H,14,18). The number of nitrogens with zero attached hydrogens (tertiary/aromatic N) is 2. The van der Waals surface area contributed by atoms with Gasteiger partial charge in [-0.05, 0) is 12.1 Å². The number of carbonyl (C=O) groups is 3. The molecule has 0 spiro atoms. The van der Waals surface area contributed by atoms with Crippen LogP contribution in [0.5, 0.6) is 0 Å². The number of benzene rings is 1. The maximum Gasteiger partial charge on any atom is 0.304 e. The number of likely N-dealkylation sites (N-methyl/N-ethyl adjacent to an activating group) is 1. The van der Waals surface area contributed by atoms with Crippen LogP contribution in [0.15, 0.2) is 18.2 Å². The molecule has 1 heterocycles. The normalized spacial score (nSPS) is 18.0. The number of carbonyl (C=O) groups excluding carboxylic acids is 3. The lowest BCUT2D eigenvalue weighted by atomic mass is 10.1. The van der Waals surface area contributed by atoms with Crippen molar-refractivity contribution in [3.05, 3.63) is 39.7 Å². The summed E-state index contributed by atoms with van der Waals surface area (Å²) in [6, 6.07) is 1.63. The van der Waals surface area contributed by atoms with Crippen LogP contribution in [0.2, 0.25) is 0 Å². The van der Waals surface area contributed by atoms with E-state index in [9.17, 15) is 28.9 Å². The van der Waals surface area contributed by atoms with Crippen molar-refractivity contribution in [1.29, 1.82) is 0 Å². The zero-order chi connectivity index (χ0) is 15.7. The van der Waals surface area contributed by atoms with Gasteiger partial charge in [0.1, 0.15) is 6.04 Å². The van der Waals surface area contributed by atoms with E-state index in [-0.39, 0.29) is 12.0 Å². The highest BCUT2D eigenvalue weighted by Gasteiger charge is 2.37. The maximum absolute atomic E-state index is 13.4. The van der Waals surface area contributed by atoms with E-state index in [1.807, 2.05) is 0 Å². The number of nitro benzene ring substituents is 1. The highest BCUT2D eigenvalue weighted by molar-refractivity contribution is 6.08. The fourth-order valence-corrected chi connectivity index (χ4v) is 1.91. The Labute approximate surface area is 117 Å². The Balaban J connectivity index is 2.15. The minimum absolute atomic E-state index is 0.170. The van der Waals surface area contributed by atoms with Gasteiger partial charge in [-0.25, -0.2) is 0 Å². The highest BCUT2D eigenvalue weighted by atomic mass is 19.1. The SMILES string of the molecule is CN1C(=O)CC(NC(=O)c2ccc([N+](=O)[O-])c(F)c2)C1=O. The Morgan fingerprint density at radius 1 is 1.48 bits per heavy atom. The monoisotopic (exact) mass is 295 g/mol. The van der Waals surface area contributed by atoms with Crippen LogP contribution in [-0.2, 0) is 9.59 Å². The zero-order valence-corrected chi connectivity index (χ0v) is 10.8. The van der Waals surface area contributed by atoms with Crippen molar-refractivity contribution in [3.8, 4) is 0 Å². The first kappa shape index (κ1) is 14.6. The van der Waals surface area contributed by atoms with E-state index >= 15 is 0 Å². The van der Waals surface area contributed by atoms with Crippen LogP contribution in [0, 0.1) is 15.9 Å². The predicted molar refractivity (Wildman–Crippen MR) is 66.7 cm³/mol. The van der Waals surface area contributed by atoms with Crippen molar-refractivity contribution >= 4 is 23.4 Å². The molecular formula is C12H10FN3O5. The van der Waals surface area contributed by atoms with Crippen molar-refractivity contribution in [2.24, 2.45) is 0 Å². The lowest BCUT2D eigenvalue weighted by molar-refractivity contribution is -0.387. The van der Waals surface area contributed by atoms with Crippen LogP contribution in [0.4, 0.5) is 10.1 Å². The Morgan fingerprint density at radius 3 is 2.62 bits per heavy atom. The molecule has 0 radical (unpaired) electrons. The second kappa shape index (κ2) is 5.27. The summed E-state index contributed by atoms with van der Waals surface area (Å²) in [5, 5.41) is 12.8. The van der Waals surface area contributed by atoms with Crippen molar-refractivity contribution in [1.82, 2.24) is 10.2 Å². The summed E-state index contributed by atoms with van der Waals surface area (Å²) >= 11 is 0. The molecule has 0 saturated carbocycles. The van der Waals surface area contributed by atoms with E-state index in [0.29, 0.717) is 6.07 Å². The molecule has 0 aliphatic carbocycles. The second-order valence-corrected chi connectivity index (χ2v) is 4.44. The predicted octanol–water partition coefficient (Wildman–Crippen LogP) is 0.221. The molecule has 1 saturated heterocycles. The molecule has 21 heavy (non-hydrogen) atoms. The molecule has 1 aliphatic rings. The van der Waals surface area contributed by atoms with E-state index in [1.165, 1.54) is 7.05 Å². The summed E-state index contributed by atoms with van der Waals surface area (Å²) in [7, 11) is 1.29. The van der Waals surface area contributed by atoms with Crippen LogP contribution in [-0.4, -0.2) is 40.6 Å². The molecule has 110 valence electrons. The second-order valence-electron chi connectivity index (χ2n) is 4.44. The largest absolute Gasteiger partial charge is 0.340 e. The van der Waals surface area contributed by atoms with Gasteiger partial charge in [0.25, 0.3) is 11.8 Å². The van der Waals surface area contributed by atoms with Crippen LogP contribution >= 0.6 is 0 Å². The van der Waals surface area contributed by atoms with Gasteiger partial charge >= 0.3 is 5.69 Å². The molecule has 1 fully saturated rings. The average molecular weight is 295 g/mol. The highest BCUT2D eigenvalue weighted by Crippen LogP contribution is 2.18. The number of amides is 3. The van der Waals surface area contributed by atoms with E-state index in [0.717, 1.165) is 17.0 Å². The van der Waals surface area contributed by atoms with Gasteiger partial charge in [0.15, 0.2) is 0 Å². The van der Waals surface area contributed by atoms with Crippen LogP contribution < -0.4 is 5.32 Å². The Bertz CT molecular complexity index is 660. The van der Waals surface area contributed by atoms with Gasteiger partial charge in [0, 0.05) is 18.7 Å². The number of halogens is 1. The number of hydrogen-bond acceptors (Lipinski definition) is 5. The maximum atomic E-state index is 13.4. The molecule has 8 nitrogen and oxygen atoms in total. The number of imide groups is 1. The first-order chi connectivity index (χ1) is 9.81. The molecule has 1 unspecified atom stereocenters. The van der Waals surface area contributed by atoms with Crippen LogP contribution in [0.25, 0.3) is 0 Å². The fraction of sp³-hybridized carbons (Fsp3) is 0.250. The lowest BCUT2D eigenvalue weighted by Gasteiger charge is -2.11. The number of nitrogens with one attached hydrogen (secondary N) is 1. The molecule has 1 aromatic carbocycles. The smallest absolute Gasteiger partial charge is 0.304 e. The van der Waals surface area contributed by atoms with Gasteiger partial charge in [0.05, 0.1) is 11.3 Å². The first-order valence-electron chi connectivity index (χ1n) is 5.86. The van der Waals surface area contributed by atoms with Crippen molar-refractivity contribution in [2.45, 2.75) is 12.5 Å². The average Bonchev–Trinajstić information content (AvgIpc) is 2.65. The van der Waals surface area contributed by atoms with E-state index in [2.05, 4.69) is 5.32 Å². The topological polar surface area (TPSA) is 110 Å². The molecule has 1 atom stereocenters. The van der Waals surface area contributed by atoms with Gasteiger partial charge in [0.2, 0.25) is 11.7 Å². The molecule has 1 aromatic rings. The van der Waals surface area contributed by atoms with E-state index in [1.54, 1.807) is 0 Å². The zero-order valence-electron chi connectivity index (χ0n) is 10.8. The Hall–Kier alpha value is -2.84. The van der Waals surface area contributed by atoms with E-state index < -0.39 is 40.2 Å². The van der Waals surface area contributed by atoms with Gasteiger partial charge in [-0.3, -0.25) is 29.4 Å². The number of nitro groups is 1. The third-order valence-electron chi connectivity index (χ3n) is 3.09. The molecule has 1 aliphatic heterocycles. The Morgan fingerprint density at radius 2 is 2.14 bits per heavy atom. The van der Waals surface area contributed by atoms with Gasteiger partial charge in [-0.1, -0.05) is 0 Å². The number of likely N-dealkylation sites (tertiary alicyclic amines) is 1. The van der Waals surface area contributed by atoms with Crippen molar-refractivity contribution < 1.29 is 23.7 Å². The summed E-state index contributed by atoms with van der Waals surface area (Å²) in [5.74, 6) is -2.93. The molecular weight excluding hydrogens is 285 g/mol. The molecule has 0 aromatic heterocycles. The van der Waals surface area contributed by atoms with Crippen LogP contribution in [0.3, 0.4) is 0 Å². The van der Waals surface area contributed by atoms with Gasteiger partial charge < -0.3 is 5.32 Å². The van der Waals surface area contributed by atoms with Crippen LogP contribution in [0.1, 0.15) is 16.8 Å². The molecule has 2 rings (SSSR count). The molecule has 0 bridgehead atoms. The molecule has 1 N–H and O–H groups in total. The molecule has 3 amide bonds. The summed E-state index contributed by atoms with van der Waals surface area (Å²) in [5.41, 5.74) is -0.925. The minimum Gasteiger partial charge on any atom is -0.340 e. The summed E-state index contributed by atoms with van der Waals surface area (Å²) < 4.78 is 13.4.